The van der Waals surface area contributed by atoms with Gasteiger partial charge in [0.25, 0.3) is 11.4 Å². The third kappa shape index (κ3) is 16.1. The van der Waals surface area contributed by atoms with Gasteiger partial charge in [0, 0.05) is 0 Å². The van der Waals surface area contributed by atoms with Crippen molar-refractivity contribution in [1.29, 1.82) is 0 Å². The molecule has 2 unspecified atom stereocenters. The lowest BCUT2D eigenvalue weighted by Gasteiger charge is -2.24. The van der Waals surface area contributed by atoms with Gasteiger partial charge in [-0.15, -0.1) is 0 Å². The van der Waals surface area contributed by atoms with E-state index in [2.05, 4.69) is 0 Å². The van der Waals surface area contributed by atoms with E-state index < -0.39 is 73.2 Å². The Morgan fingerprint density at radius 2 is 1.44 bits per heavy atom. The number of hydrogen-bond donors (Lipinski definition) is 1. The van der Waals surface area contributed by atoms with E-state index in [4.69, 9.17) is 18.5 Å². The van der Waals surface area contributed by atoms with E-state index in [-0.39, 0.29) is 13.0 Å². The Balaban J connectivity index is 5.29. The minimum Gasteiger partial charge on any atom is -0.461 e. The summed E-state index contributed by atoms with van der Waals surface area (Å²) in [7, 11) is 0.926. The summed E-state index contributed by atoms with van der Waals surface area (Å²) in [5.41, 5.74) is -0.811. The zero-order valence-electron chi connectivity index (χ0n) is 21.1. The average molecular weight is 540 g/mol. The first kappa shape index (κ1) is 33.3. The molecule has 206 valence electrons. The van der Waals surface area contributed by atoms with Crippen molar-refractivity contribution in [3.63, 3.8) is 0 Å². The van der Waals surface area contributed by atoms with E-state index in [1.54, 1.807) is 13.8 Å². The van der Waals surface area contributed by atoms with Crippen LogP contribution < -0.4 is 0 Å². The molecule has 15 nitrogen and oxygen atoms in total. The van der Waals surface area contributed by atoms with Crippen molar-refractivity contribution in [2.45, 2.75) is 45.6 Å². The highest BCUT2D eigenvalue weighted by molar-refractivity contribution is 7.47. The van der Waals surface area contributed by atoms with E-state index in [1.807, 2.05) is 21.1 Å². The number of esters is 2. The van der Waals surface area contributed by atoms with E-state index >= 15 is 0 Å². The SMILES string of the molecule is CC/C=C(\CC(=O)OCC(COP(=O)(O)OCC[N+](C)(C)C)OC(=O)C/C(=C\CC)[N+](=O)[O-])[N+](=O)[O-]. The second-order valence-corrected chi connectivity index (χ2v) is 9.94. The van der Waals surface area contributed by atoms with Crippen molar-refractivity contribution in [3.05, 3.63) is 43.8 Å². The number of rotatable bonds is 18. The molecule has 16 heteroatoms. The van der Waals surface area contributed by atoms with Gasteiger partial charge in [0.1, 0.15) is 32.6 Å². The first-order chi connectivity index (χ1) is 16.6. The van der Waals surface area contributed by atoms with Gasteiger partial charge >= 0.3 is 19.8 Å². The van der Waals surface area contributed by atoms with Crippen LogP contribution in [0.3, 0.4) is 0 Å². The molecule has 1 N–H and O–H groups in total. The Morgan fingerprint density at radius 1 is 0.944 bits per heavy atom. The first-order valence-electron chi connectivity index (χ1n) is 11.0. The number of phosphoric acid groups is 1. The maximum Gasteiger partial charge on any atom is 0.472 e. The number of phosphoric ester groups is 1. The Morgan fingerprint density at radius 3 is 1.89 bits per heavy atom. The fraction of sp³-hybridized carbons (Fsp3) is 0.700. The molecule has 36 heavy (non-hydrogen) atoms. The zero-order valence-corrected chi connectivity index (χ0v) is 22.0. The third-order valence-electron chi connectivity index (χ3n) is 4.17. The molecule has 0 saturated carbocycles. The van der Waals surface area contributed by atoms with E-state index in [9.17, 15) is 39.3 Å². The van der Waals surface area contributed by atoms with Crippen LogP contribution in [0.2, 0.25) is 0 Å². The van der Waals surface area contributed by atoms with Crippen molar-refractivity contribution < 1.29 is 51.9 Å². The lowest BCUT2D eigenvalue weighted by Crippen LogP contribution is -2.37. The van der Waals surface area contributed by atoms with Crippen molar-refractivity contribution in [3.8, 4) is 0 Å². The number of carbonyl (C=O) groups is 2. The highest BCUT2D eigenvalue weighted by atomic mass is 31.2. The molecule has 0 aliphatic carbocycles. The molecule has 0 spiro atoms. The number of nitrogens with zero attached hydrogens (tertiary/aromatic N) is 3. The maximum absolute atomic E-state index is 12.2. The zero-order chi connectivity index (χ0) is 27.9. The predicted molar refractivity (Wildman–Crippen MR) is 125 cm³/mol. The van der Waals surface area contributed by atoms with Crippen LogP contribution in [-0.4, -0.2) is 84.8 Å². The molecule has 0 aromatic carbocycles. The molecule has 0 aliphatic heterocycles. The Bertz CT molecular complexity index is 882. The van der Waals surface area contributed by atoms with Crippen molar-refractivity contribution in [1.82, 2.24) is 0 Å². The van der Waals surface area contributed by atoms with Crippen LogP contribution in [0.15, 0.2) is 23.5 Å². The van der Waals surface area contributed by atoms with Crippen LogP contribution in [0.4, 0.5) is 0 Å². The molecule has 0 rings (SSSR count). The van der Waals surface area contributed by atoms with Crippen molar-refractivity contribution >= 4 is 19.8 Å². The number of nitro groups is 2. The first-order valence-corrected chi connectivity index (χ1v) is 12.5. The average Bonchev–Trinajstić information content (AvgIpc) is 2.73. The smallest absolute Gasteiger partial charge is 0.461 e. The molecule has 0 bridgehead atoms. The van der Waals surface area contributed by atoms with Crippen molar-refractivity contribution in [2.24, 2.45) is 0 Å². The monoisotopic (exact) mass is 540 g/mol. The van der Waals surface area contributed by atoms with Gasteiger partial charge in [-0.05, 0) is 25.0 Å². The quantitative estimate of drug-likeness (QED) is 0.0876. The van der Waals surface area contributed by atoms with Gasteiger partial charge in [0.2, 0.25) is 0 Å². The fourth-order valence-electron chi connectivity index (χ4n) is 2.41. The summed E-state index contributed by atoms with van der Waals surface area (Å²) < 4.78 is 32.3. The van der Waals surface area contributed by atoms with Gasteiger partial charge in [-0.3, -0.25) is 38.9 Å². The molecule has 0 amide bonds. The summed E-state index contributed by atoms with van der Waals surface area (Å²) in [6, 6.07) is 0. The summed E-state index contributed by atoms with van der Waals surface area (Å²) in [5, 5.41) is 22.0. The summed E-state index contributed by atoms with van der Waals surface area (Å²) in [6.07, 6.45) is 0.212. The molecular weight excluding hydrogens is 505 g/mol. The molecule has 0 aromatic heterocycles. The number of quaternary nitrogens is 1. The van der Waals surface area contributed by atoms with Crippen LogP contribution in [0.5, 0.6) is 0 Å². The van der Waals surface area contributed by atoms with Gasteiger partial charge < -0.3 is 18.9 Å². The van der Waals surface area contributed by atoms with Crippen molar-refractivity contribution in [2.75, 3.05) is 47.5 Å². The molecule has 0 radical (unpaired) electrons. The Hall–Kier alpha value is -2.71. The molecule has 2 atom stereocenters. The van der Waals surface area contributed by atoms with Gasteiger partial charge in [0.15, 0.2) is 6.10 Å². The Kier molecular flexibility index (Phi) is 14.9. The van der Waals surface area contributed by atoms with Gasteiger partial charge in [-0.2, -0.15) is 0 Å². The summed E-state index contributed by atoms with van der Waals surface area (Å²) in [4.78, 5) is 54.7. The molecule has 0 saturated heterocycles. The maximum atomic E-state index is 12.2. The lowest BCUT2D eigenvalue weighted by atomic mass is 10.2. The van der Waals surface area contributed by atoms with Crippen LogP contribution >= 0.6 is 7.82 Å². The second kappa shape index (κ2) is 16.1. The van der Waals surface area contributed by atoms with E-state index in [0.29, 0.717) is 17.4 Å². The molecule has 0 heterocycles. The van der Waals surface area contributed by atoms with Crippen LogP contribution in [-0.2, 0) is 32.7 Å². The van der Waals surface area contributed by atoms with Gasteiger partial charge in [0.05, 0.1) is 37.6 Å². The van der Waals surface area contributed by atoms with Gasteiger partial charge in [-0.1, -0.05) is 13.8 Å². The number of ether oxygens (including phenoxy) is 2. The standard InChI is InChI=1S/C20H34N3O12P/c1-6-8-16(21(26)27)12-19(24)32-14-18(35-20(25)13-17(9-7-2)22(28)29)15-34-36(30,31)33-11-10-23(3,4)5/h8-9,18H,6-7,10-15H2,1-5H3/p+1/b16-8+,17-9+. The third-order valence-corrected chi connectivity index (χ3v) is 5.15. The van der Waals surface area contributed by atoms with E-state index in [1.165, 1.54) is 12.2 Å². The highest BCUT2D eigenvalue weighted by Gasteiger charge is 2.28. The highest BCUT2D eigenvalue weighted by Crippen LogP contribution is 2.43. The predicted octanol–water partition coefficient (Wildman–Crippen LogP) is 2.20. The number of likely N-dealkylation sites (N-methyl/N-ethyl adjacent to an activating group) is 1. The van der Waals surface area contributed by atoms with Crippen LogP contribution in [0.25, 0.3) is 0 Å². The normalized spacial score (nSPS) is 15.1. The number of hydrogen-bond acceptors (Lipinski definition) is 11. The second-order valence-electron chi connectivity index (χ2n) is 8.48. The largest absolute Gasteiger partial charge is 0.472 e. The lowest BCUT2D eigenvalue weighted by molar-refractivity contribution is -0.870. The van der Waals surface area contributed by atoms with Crippen LogP contribution in [0.1, 0.15) is 39.5 Å². The minimum absolute atomic E-state index is 0.127. The Labute approximate surface area is 209 Å². The fourth-order valence-corrected chi connectivity index (χ4v) is 3.16. The summed E-state index contributed by atoms with van der Waals surface area (Å²) in [6.45, 7) is 2.08. The molecule has 0 aromatic rings. The number of allylic oxidation sites excluding steroid dienone is 2. The summed E-state index contributed by atoms with van der Waals surface area (Å²) >= 11 is 0. The molecule has 0 fully saturated rings. The molecule has 0 aliphatic rings. The van der Waals surface area contributed by atoms with Gasteiger partial charge in [-0.25, -0.2) is 4.57 Å². The topological polar surface area (TPSA) is 195 Å². The molecular formula is C20H35N3O12P+. The number of carbonyl (C=O) groups excluding carboxylic acids is 2. The van der Waals surface area contributed by atoms with Crippen LogP contribution in [0, 0.1) is 20.2 Å². The minimum atomic E-state index is -4.58. The summed E-state index contributed by atoms with van der Waals surface area (Å²) in [5.74, 6) is -2.10. The van der Waals surface area contributed by atoms with E-state index in [0.717, 1.165) is 0 Å².